The van der Waals surface area contributed by atoms with E-state index in [4.69, 9.17) is 9.47 Å². The largest absolute Gasteiger partial charge is 0.465 e. The third-order valence-electron chi connectivity index (χ3n) is 3.15. The first-order valence-corrected chi connectivity index (χ1v) is 6.01. The summed E-state index contributed by atoms with van der Waals surface area (Å²) in [6.45, 7) is 7.08. The molecule has 2 aliphatic rings. The lowest BCUT2D eigenvalue weighted by Crippen LogP contribution is -2.46. The Labute approximate surface area is 101 Å². The van der Waals surface area contributed by atoms with E-state index in [0.29, 0.717) is 19.7 Å². The Morgan fingerprint density at radius 3 is 2.82 bits per heavy atom. The summed E-state index contributed by atoms with van der Waals surface area (Å²) in [5.41, 5.74) is -0.496. The van der Waals surface area contributed by atoms with Crippen LogP contribution in [0.4, 0.5) is 4.79 Å². The maximum absolute atomic E-state index is 11.9. The molecule has 96 valence electrons. The SMILES string of the molecule is CC(C)(C)OC(=O)N1CC[C@@H]2COC(=O)[C@@H]2C1. The van der Waals surface area contributed by atoms with Gasteiger partial charge in [0.1, 0.15) is 5.60 Å². The van der Waals surface area contributed by atoms with Gasteiger partial charge in [0.05, 0.1) is 12.5 Å². The van der Waals surface area contributed by atoms with Crippen molar-refractivity contribution in [2.24, 2.45) is 11.8 Å². The van der Waals surface area contributed by atoms with Crippen LogP contribution in [0.25, 0.3) is 0 Å². The monoisotopic (exact) mass is 241 g/mol. The summed E-state index contributed by atoms with van der Waals surface area (Å²) < 4.78 is 10.3. The van der Waals surface area contributed by atoms with Gasteiger partial charge in [-0.15, -0.1) is 0 Å². The van der Waals surface area contributed by atoms with Crippen LogP contribution in [-0.2, 0) is 14.3 Å². The molecule has 2 heterocycles. The molecule has 2 fully saturated rings. The summed E-state index contributed by atoms with van der Waals surface area (Å²) in [7, 11) is 0. The molecular weight excluding hydrogens is 222 g/mol. The number of fused-ring (bicyclic) bond motifs is 1. The Kier molecular flexibility index (Phi) is 3.02. The van der Waals surface area contributed by atoms with Crippen LogP contribution >= 0.6 is 0 Å². The van der Waals surface area contributed by atoms with E-state index in [1.807, 2.05) is 20.8 Å². The summed E-state index contributed by atoms with van der Waals surface area (Å²) in [6, 6.07) is 0. The normalized spacial score (nSPS) is 28.6. The summed E-state index contributed by atoms with van der Waals surface area (Å²) in [6.07, 6.45) is 0.478. The molecule has 0 aliphatic carbocycles. The van der Waals surface area contributed by atoms with E-state index in [9.17, 15) is 9.59 Å². The number of esters is 1. The Bertz CT molecular complexity index is 334. The minimum Gasteiger partial charge on any atom is -0.465 e. The third-order valence-corrected chi connectivity index (χ3v) is 3.15. The molecule has 0 aromatic carbocycles. The standard InChI is InChI=1S/C12H19NO4/c1-12(2,3)17-11(15)13-5-4-8-7-16-10(14)9(8)6-13/h8-9H,4-7H2,1-3H3/t8-,9-/m1/s1. The van der Waals surface area contributed by atoms with E-state index in [2.05, 4.69) is 0 Å². The second-order valence-corrected chi connectivity index (χ2v) is 5.71. The molecule has 0 aromatic heterocycles. The number of amides is 1. The molecule has 0 radical (unpaired) electrons. The highest BCUT2D eigenvalue weighted by Gasteiger charge is 2.42. The first kappa shape index (κ1) is 12.2. The maximum Gasteiger partial charge on any atom is 0.410 e. The lowest BCUT2D eigenvalue weighted by molar-refractivity contribution is -0.141. The number of ether oxygens (including phenoxy) is 2. The molecule has 2 saturated heterocycles. The molecule has 1 amide bonds. The number of cyclic esters (lactones) is 1. The summed E-state index contributed by atoms with van der Waals surface area (Å²) in [4.78, 5) is 24.9. The summed E-state index contributed by atoms with van der Waals surface area (Å²) in [5.74, 6) is -0.0549. The zero-order valence-corrected chi connectivity index (χ0v) is 10.6. The molecule has 5 heteroatoms. The van der Waals surface area contributed by atoms with E-state index in [0.717, 1.165) is 6.42 Å². The fourth-order valence-electron chi connectivity index (χ4n) is 2.26. The highest BCUT2D eigenvalue weighted by atomic mass is 16.6. The predicted octanol–water partition coefficient (Wildman–Crippen LogP) is 1.42. The molecule has 0 unspecified atom stereocenters. The Morgan fingerprint density at radius 1 is 1.47 bits per heavy atom. The number of nitrogens with zero attached hydrogens (tertiary/aromatic N) is 1. The minimum atomic E-state index is -0.496. The van der Waals surface area contributed by atoms with Crippen molar-refractivity contribution >= 4 is 12.1 Å². The van der Waals surface area contributed by atoms with Crippen LogP contribution in [0.3, 0.4) is 0 Å². The summed E-state index contributed by atoms with van der Waals surface area (Å²) in [5, 5.41) is 0. The Morgan fingerprint density at radius 2 is 2.18 bits per heavy atom. The molecule has 0 N–H and O–H groups in total. The van der Waals surface area contributed by atoms with Crippen LogP contribution in [0.5, 0.6) is 0 Å². The number of carbonyl (C=O) groups is 2. The van der Waals surface area contributed by atoms with Gasteiger partial charge < -0.3 is 14.4 Å². The molecule has 17 heavy (non-hydrogen) atoms. The number of piperidine rings is 1. The van der Waals surface area contributed by atoms with Crippen molar-refractivity contribution in [2.45, 2.75) is 32.8 Å². The van der Waals surface area contributed by atoms with Crippen LogP contribution in [0.2, 0.25) is 0 Å². The lowest BCUT2D eigenvalue weighted by atomic mass is 9.88. The van der Waals surface area contributed by atoms with Gasteiger partial charge in [-0.05, 0) is 27.2 Å². The van der Waals surface area contributed by atoms with Crippen molar-refractivity contribution < 1.29 is 19.1 Å². The second-order valence-electron chi connectivity index (χ2n) is 5.71. The van der Waals surface area contributed by atoms with Crippen LogP contribution in [0, 0.1) is 11.8 Å². The van der Waals surface area contributed by atoms with Crippen molar-refractivity contribution in [2.75, 3.05) is 19.7 Å². The number of hydrogen-bond acceptors (Lipinski definition) is 4. The van der Waals surface area contributed by atoms with Crippen molar-refractivity contribution in [3.63, 3.8) is 0 Å². The van der Waals surface area contributed by atoms with Crippen molar-refractivity contribution in [1.82, 2.24) is 4.90 Å². The second kappa shape index (κ2) is 4.20. The van der Waals surface area contributed by atoms with Gasteiger partial charge in [-0.2, -0.15) is 0 Å². The number of carbonyl (C=O) groups excluding carboxylic acids is 2. The van der Waals surface area contributed by atoms with Crippen LogP contribution in [0.15, 0.2) is 0 Å². The predicted molar refractivity (Wildman–Crippen MR) is 60.4 cm³/mol. The molecule has 5 nitrogen and oxygen atoms in total. The van der Waals surface area contributed by atoms with Crippen LogP contribution in [0.1, 0.15) is 27.2 Å². The Balaban J connectivity index is 1.95. The van der Waals surface area contributed by atoms with Crippen molar-refractivity contribution in [3.05, 3.63) is 0 Å². The summed E-state index contributed by atoms with van der Waals surface area (Å²) >= 11 is 0. The highest BCUT2D eigenvalue weighted by molar-refractivity contribution is 5.77. The van der Waals surface area contributed by atoms with Crippen molar-refractivity contribution in [3.8, 4) is 0 Å². The minimum absolute atomic E-state index is 0.156. The third kappa shape index (κ3) is 2.70. The van der Waals surface area contributed by atoms with Gasteiger partial charge in [0.25, 0.3) is 0 Å². The van der Waals surface area contributed by atoms with Gasteiger partial charge in [-0.1, -0.05) is 0 Å². The molecule has 0 saturated carbocycles. The van der Waals surface area contributed by atoms with Gasteiger partial charge in [-0.25, -0.2) is 4.79 Å². The fourth-order valence-corrected chi connectivity index (χ4v) is 2.26. The van der Waals surface area contributed by atoms with Crippen molar-refractivity contribution in [1.29, 1.82) is 0 Å². The number of likely N-dealkylation sites (tertiary alicyclic amines) is 1. The molecule has 0 aromatic rings. The van der Waals surface area contributed by atoms with E-state index < -0.39 is 5.60 Å². The zero-order valence-electron chi connectivity index (χ0n) is 10.6. The van der Waals surface area contributed by atoms with E-state index in [-0.39, 0.29) is 23.9 Å². The first-order valence-electron chi connectivity index (χ1n) is 6.01. The van der Waals surface area contributed by atoms with Crippen LogP contribution < -0.4 is 0 Å². The quantitative estimate of drug-likeness (QED) is 0.602. The van der Waals surface area contributed by atoms with Gasteiger partial charge in [0, 0.05) is 19.0 Å². The zero-order chi connectivity index (χ0) is 12.6. The van der Waals surface area contributed by atoms with Gasteiger partial charge in [0.2, 0.25) is 0 Å². The first-order chi connectivity index (χ1) is 7.87. The van der Waals surface area contributed by atoms with E-state index >= 15 is 0 Å². The molecule has 2 aliphatic heterocycles. The highest BCUT2D eigenvalue weighted by Crippen LogP contribution is 2.30. The topological polar surface area (TPSA) is 55.8 Å². The molecular formula is C12H19NO4. The molecule has 2 atom stereocenters. The van der Waals surface area contributed by atoms with Gasteiger partial charge in [-0.3, -0.25) is 4.79 Å². The molecule has 2 rings (SSSR count). The average Bonchev–Trinajstić information content (AvgIpc) is 2.57. The molecule has 0 bridgehead atoms. The Hall–Kier alpha value is -1.26. The fraction of sp³-hybridized carbons (Fsp3) is 0.833. The molecule has 0 spiro atoms. The van der Waals surface area contributed by atoms with E-state index in [1.54, 1.807) is 4.90 Å². The number of hydrogen-bond donors (Lipinski definition) is 0. The maximum atomic E-state index is 11.9. The van der Waals surface area contributed by atoms with Crippen LogP contribution in [-0.4, -0.2) is 42.3 Å². The lowest BCUT2D eigenvalue weighted by Gasteiger charge is -2.33. The van der Waals surface area contributed by atoms with Gasteiger partial charge >= 0.3 is 12.1 Å². The van der Waals surface area contributed by atoms with Gasteiger partial charge in [0.15, 0.2) is 0 Å². The number of rotatable bonds is 0. The average molecular weight is 241 g/mol. The van der Waals surface area contributed by atoms with E-state index in [1.165, 1.54) is 0 Å². The smallest absolute Gasteiger partial charge is 0.410 e.